The molecule has 0 N–H and O–H groups in total. The molecular formula is C46H34N2. The van der Waals surface area contributed by atoms with Crippen LogP contribution in [0, 0.1) is 0 Å². The van der Waals surface area contributed by atoms with E-state index in [4.69, 9.17) is 0 Å². The molecule has 228 valence electrons. The Labute approximate surface area is 279 Å². The summed E-state index contributed by atoms with van der Waals surface area (Å²) in [6, 6.07) is 53.9. The van der Waals surface area contributed by atoms with Gasteiger partial charge in [0.2, 0.25) is 0 Å². The van der Waals surface area contributed by atoms with Gasteiger partial charge >= 0.3 is 0 Å². The Bertz CT molecular complexity index is 2690. The zero-order valence-corrected chi connectivity index (χ0v) is 27.2. The van der Waals surface area contributed by atoms with Crippen LogP contribution in [0.1, 0.15) is 13.8 Å². The summed E-state index contributed by atoms with van der Waals surface area (Å²) < 4.78 is 5.16. The second-order valence-corrected chi connectivity index (χ2v) is 13.0. The summed E-state index contributed by atoms with van der Waals surface area (Å²) in [5, 5.41) is 13.3. The Hall–Kier alpha value is -5.86. The quantitative estimate of drug-likeness (QED) is 0.175. The Morgan fingerprint density at radius 3 is 1.06 bits per heavy atom. The lowest BCUT2D eigenvalue weighted by atomic mass is 9.90. The summed E-state index contributed by atoms with van der Waals surface area (Å²) >= 11 is 0. The first-order chi connectivity index (χ1) is 23.8. The molecule has 0 spiro atoms. The molecule has 0 unspecified atom stereocenters. The number of rotatable bonds is 4. The van der Waals surface area contributed by atoms with Crippen LogP contribution in [-0.2, 0) is 13.1 Å². The minimum atomic E-state index is 0.884. The third-order valence-electron chi connectivity index (χ3n) is 10.6. The summed E-state index contributed by atoms with van der Waals surface area (Å²) in [5.41, 5.74) is 10.2. The van der Waals surface area contributed by atoms with E-state index in [-0.39, 0.29) is 0 Å². The third kappa shape index (κ3) is 3.63. The van der Waals surface area contributed by atoms with Gasteiger partial charge in [-0.15, -0.1) is 0 Å². The van der Waals surface area contributed by atoms with E-state index < -0.39 is 0 Å². The van der Waals surface area contributed by atoms with Crippen LogP contribution in [0.25, 0.3) is 98.2 Å². The number of aromatic nitrogens is 2. The van der Waals surface area contributed by atoms with E-state index in [9.17, 15) is 0 Å². The van der Waals surface area contributed by atoms with Crippen LogP contribution in [0.2, 0.25) is 0 Å². The highest BCUT2D eigenvalue weighted by atomic mass is 15.0. The number of hydrogen-bond donors (Lipinski definition) is 0. The van der Waals surface area contributed by atoms with E-state index in [1.165, 1.54) is 98.2 Å². The fourth-order valence-electron chi connectivity index (χ4n) is 8.64. The van der Waals surface area contributed by atoms with Gasteiger partial charge in [0.05, 0.1) is 11.0 Å². The lowest BCUT2D eigenvalue weighted by Crippen LogP contribution is -1.98. The molecule has 0 aliphatic carbocycles. The molecule has 0 bridgehead atoms. The van der Waals surface area contributed by atoms with Crippen molar-refractivity contribution in [2.75, 3.05) is 0 Å². The first-order valence-electron chi connectivity index (χ1n) is 17.1. The maximum Gasteiger partial charge on any atom is 0.0584 e. The zero-order chi connectivity index (χ0) is 31.9. The molecular weight excluding hydrogens is 581 g/mol. The number of nitrogens with zero attached hydrogens (tertiary/aromatic N) is 2. The van der Waals surface area contributed by atoms with E-state index in [1.807, 2.05) is 0 Å². The fourth-order valence-corrected chi connectivity index (χ4v) is 8.64. The molecule has 2 nitrogen and oxygen atoms in total. The Kier molecular flexibility index (Phi) is 5.86. The van der Waals surface area contributed by atoms with Crippen molar-refractivity contribution in [3.8, 4) is 22.3 Å². The van der Waals surface area contributed by atoms with E-state index >= 15 is 0 Å². The van der Waals surface area contributed by atoms with Gasteiger partial charge in [-0.25, -0.2) is 0 Å². The smallest absolute Gasteiger partial charge is 0.0584 e. The van der Waals surface area contributed by atoms with Gasteiger partial charge < -0.3 is 9.13 Å². The van der Waals surface area contributed by atoms with Crippen LogP contribution in [0.15, 0.2) is 146 Å². The van der Waals surface area contributed by atoms with Gasteiger partial charge in [-0.1, -0.05) is 133 Å². The highest BCUT2D eigenvalue weighted by Gasteiger charge is 2.24. The summed E-state index contributed by atoms with van der Waals surface area (Å²) in [7, 11) is 0. The van der Waals surface area contributed by atoms with Crippen molar-refractivity contribution in [1.82, 2.24) is 9.13 Å². The minimum absolute atomic E-state index is 0.884. The van der Waals surface area contributed by atoms with Gasteiger partial charge in [0, 0.05) is 56.4 Å². The average molecular weight is 615 g/mol. The summed E-state index contributed by atoms with van der Waals surface area (Å²) in [6.45, 7) is 6.36. The summed E-state index contributed by atoms with van der Waals surface area (Å²) in [4.78, 5) is 0. The van der Waals surface area contributed by atoms with Crippen LogP contribution >= 0.6 is 0 Å². The van der Waals surface area contributed by atoms with Gasteiger partial charge in [-0.05, 0) is 69.8 Å². The monoisotopic (exact) mass is 614 g/mol. The van der Waals surface area contributed by atoms with Crippen molar-refractivity contribution in [2.45, 2.75) is 26.9 Å². The van der Waals surface area contributed by atoms with Gasteiger partial charge in [-0.2, -0.15) is 0 Å². The van der Waals surface area contributed by atoms with Crippen molar-refractivity contribution in [3.63, 3.8) is 0 Å². The van der Waals surface area contributed by atoms with Gasteiger partial charge in [0.1, 0.15) is 0 Å². The molecule has 2 aromatic heterocycles. The zero-order valence-electron chi connectivity index (χ0n) is 27.2. The minimum Gasteiger partial charge on any atom is -0.340 e. The van der Waals surface area contributed by atoms with E-state index in [0.717, 1.165) is 13.1 Å². The Balaban J connectivity index is 1.47. The second kappa shape index (κ2) is 10.3. The van der Waals surface area contributed by atoms with Crippen LogP contribution < -0.4 is 0 Å². The van der Waals surface area contributed by atoms with Gasteiger partial charge in [0.15, 0.2) is 0 Å². The number of aryl methyl sites for hydroxylation is 2. The lowest BCUT2D eigenvalue weighted by molar-refractivity contribution is 0.828. The van der Waals surface area contributed by atoms with Gasteiger partial charge in [-0.3, -0.25) is 0 Å². The average Bonchev–Trinajstić information content (AvgIpc) is 3.67. The van der Waals surface area contributed by atoms with Crippen molar-refractivity contribution >= 4 is 75.9 Å². The molecule has 8 aromatic carbocycles. The molecule has 48 heavy (non-hydrogen) atoms. The van der Waals surface area contributed by atoms with Gasteiger partial charge in [0.25, 0.3) is 0 Å². The molecule has 0 aliphatic rings. The van der Waals surface area contributed by atoms with Crippen LogP contribution in [-0.4, -0.2) is 9.13 Å². The molecule has 10 rings (SSSR count). The maximum absolute atomic E-state index is 2.58. The predicted molar refractivity (Wildman–Crippen MR) is 207 cm³/mol. The Morgan fingerprint density at radius 1 is 0.333 bits per heavy atom. The maximum atomic E-state index is 2.58. The third-order valence-corrected chi connectivity index (χ3v) is 10.6. The molecule has 0 aliphatic heterocycles. The SMILES string of the molecule is CCn1c2cc(-c3ccccc3)ccc2c2c3ccccc3c3c(c4ccccc4c4c5ccc(-c6ccccc6)cc5n(CC)c43)c21. The lowest BCUT2D eigenvalue weighted by Gasteiger charge is -2.16. The molecule has 2 heteroatoms. The van der Waals surface area contributed by atoms with Crippen molar-refractivity contribution in [2.24, 2.45) is 0 Å². The molecule has 0 saturated heterocycles. The number of fused-ring (bicyclic) bond motifs is 15. The number of benzene rings is 8. The molecule has 0 amide bonds. The first kappa shape index (κ1) is 27.3. The Morgan fingerprint density at radius 2 is 0.688 bits per heavy atom. The normalized spacial score (nSPS) is 12.1. The molecule has 0 atom stereocenters. The largest absolute Gasteiger partial charge is 0.340 e. The van der Waals surface area contributed by atoms with Crippen LogP contribution in [0.4, 0.5) is 0 Å². The molecule has 0 radical (unpaired) electrons. The first-order valence-corrected chi connectivity index (χ1v) is 17.1. The molecule has 2 heterocycles. The molecule has 0 saturated carbocycles. The van der Waals surface area contributed by atoms with Crippen LogP contribution in [0.3, 0.4) is 0 Å². The second-order valence-electron chi connectivity index (χ2n) is 13.0. The standard InChI is InChI=1S/C46H34N2/c1-3-47-39-27-31(29-15-7-5-8-16-29)23-25-37(39)41-33-19-11-14-22-36(33)44-43(45(41)47)35-21-13-12-20-34(35)42-38-26-24-32(30-17-9-6-10-18-30)28-40(38)48(4-2)46(42)44/h5-28H,3-4H2,1-2H3. The van der Waals surface area contributed by atoms with Crippen LogP contribution in [0.5, 0.6) is 0 Å². The fraction of sp³-hybridized carbons (Fsp3) is 0.0870. The highest BCUT2D eigenvalue weighted by Crippen LogP contribution is 2.49. The highest BCUT2D eigenvalue weighted by molar-refractivity contribution is 6.43. The summed E-state index contributed by atoms with van der Waals surface area (Å²) in [6.07, 6.45) is 0. The topological polar surface area (TPSA) is 9.86 Å². The molecule has 0 fully saturated rings. The summed E-state index contributed by atoms with van der Waals surface area (Å²) in [5.74, 6) is 0. The van der Waals surface area contributed by atoms with E-state index in [1.54, 1.807) is 0 Å². The number of hydrogen-bond acceptors (Lipinski definition) is 0. The van der Waals surface area contributed by atoms with Crippen molar-refractivity contribution < 1.29 is 0 Å². The van der Waals surface area contributed by atoms with E-state index in [2.05, 4.69) is 169 Å². The van der Waals surface area contributed by atoms with Crippen molar-refractivity contribution in [3.05, 3.63) is 146 Å². The van der Waals surface area contributed by atoms with Crippen molar-refractivity contribution in [1.29, 1.82) is 0 Å². The molecule has 10 aromatic rings. The predicted octanol–water partition coefficient (Wildman–Crippen LogP) is 12.7. The van der Waals surface area contributed by atoms with E-state index in [0.29, 0.717) is 0 Å².